The van der Waals surface area contributed by atoms with Crippen molar-refractivity contribution in [1.82, 2.24) is 9.78 Å². The first-order valence-corrected chi connectivity index (χ1v) is 6.71. The van der Waals surface area contributed by atoms with Gasteiger partial charge in [-0.15, -0.1) is 0 Å². The van der Waals surface area contributed by atoms with E-state index in [1.54, 1.807) is 27.7 Å². The first-order valence-electron chi connectivity index (χ1n) is 5.30. The molecule has 1 heterocycles. The number of nitrogens with zero attached hydrogens (tertiary/aromatic N) is 2. The van der Waals surface area contributed by atoms with Crippen molar-refractivity contribution in [3.05, 3.63) is 11.8 Å². The molecular formula is C10H15LiN2O5S. The van der Waals surface area contributed by atoms with E-state index in [1.165, 1.54) is 0 Å². The van der Waals surface area contributed by atoms with Gasteiger partial charge in [0.2, 0.25) is 0 Å². The zero-order valence-corrected chi connectivity index (χ0v) is 12.4. The van der Waals surface area contributed by atoms with Crippen molar-refractivity contribution in [2.45, 2.75) is 38.3 Å². The van der Waals surface area contributed by atoms with Crippen molar-refractivity contribution in [3.63, 3.8) is 0 Å². The topological polar surface area (TPSA) is 101 Å². The van der Waals surface area contributed by atoms with Crippen LogP contribution < -0.4 is 18.9 Å². The van der Waals surface area contributed by atoms with Crippen molar-refractivity contribution in [3.8, 4) is 0 Å². The summed E-state index contributed by atoms with van der Waals surface area (Å²) in [6, 6.07) is 0. The molecule has 0 spiro atoms. The fourth-order valence-electron chi connectivity index (χ4n) is 1.40. The molecule has 0 amide bonds. The first kappa shape index (κ1) is 18.2. The molecule has 0 atom stereocenters. The zero-order chi connectivity index (χ0) is 14.1. The third kappa shape index (κ3) is 4.08. The standard InChI is InChI=1S/C10H16N2O5S.Li/c1-5-17-9(13)7-6-11-12(10(2,3)4)8(7)18(14,15)16;/h6H,5H2,1-4H3,(H,14,15,16);/q;+1/p-1. The predicted molar refractivity (Wildman–Crippen MR) is 61.1 cm³/mol. The molecule has 0 aliphatic carbocycles. The minimum atomic E-state index is -4.82. The predicted octanol–water partition coefficient (Wildman–Crippen LogP) is -2.28. The Balaban J connectivity index is 0.00000324. The van der Waals surface area contributed by atoms with Gasteiger partial charge in [0.05, 0.1) is 18.3 Å². The smallest absolute Gasteiger partial charge is 0.743 e. The summed E-state index contributed by atoms with van der Waals surface area (Å²) in [6.45, 7) is 6.67. The van der Waals surface area contributed by atoms with E-state index in [1.807, 2.05) is 0 Å². The van der Waals surface area contributed by atoms with E-state index in [4.69, 9.17) is 4.74 Å². The van der Waals surface area contributed by atoms with E-state index in [9.17, 15) is 17.8 Å². The summed E-state index contributed by atoms with van der Waals surface area (Å²) < 4.78 is 39.5. The van der Waals surface area contributed by atoms with Gasteiger partial charge in [-0.1, -0.05) is 0 Å². The molecule has 0 aliphatic rings. The van der Waals surface area contributed by atoms with E-state index in [-0.39, 0.29) is 31.0 Å². The average Bonchev–Trinajstić information content (AvgIpc) is 2.60. The minimum absolute atomic E-state index is 0. The maximum Gasteiger partial charge on any atom is 1.00 e. The van der Waals surface area contributed by atoms with Crippen LogP contribution in [-0.2, 0) is 20.4 Å². The van der Waals surface area contributed by atoms with Gasteiger partial charge >= 0.3 is 24.8 Å². The molecular weight excluding hydrogens is 267 g/mol. The van der Waals surface area contributed by atoms with Gasteiger partial charge in [0, 0.05) is 0 Å². The van der Waals surface area contributed by atoms with Crippen LogP contribution in [0.25, 0.3) is 0 Å². The molecule has 1 aromatic heterocycles. The molecule has 0 saturated heterocycles. The van der Waals surface area contributed by atoms with Crippen molar-refractivity contribution in [2.75, 3.05) is 6.61 Å². The Hall–Kier alpha value is -0.813. The second-order valence-corrected chi connectivity index (χ2v) is 5.92. The number of rotatable bonds is 3. The molecule has 0 bridgehead atoms. The molecule has 0 saturated carbocycles. The van der Waals surface area contributed by atoms with Crippen LogP contribution in [0.3, 0.4) is 0 Å². The fraction of sp³-hybridized carbons (Fsp3) is 0.600. The molecule has 1 aromatic rings. The number of hydrogen-bond acceptors (Lipinski definition) is 6. The molecule has 1 rings (SSSR count). The van der Waals surface area contributed by atoms with Crippen molar-refractivity contribution in [1.29, 1.82) is 0 Å². The fourth-order valence-corrected chi connectivity index (χ4v) is 2.34. The van der Waals surface area contributed by atoms with Crippen LogP contribution in [0, 0.1) is 0 Å². The molecule has 0 N–H and O–H groups in total. The van der Waals surface area contributed by atoms with Gasteiger partial charge in [-0.25, -0.2) is 17.9 Å². The largest absolute Gasteiger partial charge is 1.00 e. The molecule has 102 valence electrons. The number of carbonyl (C=O) groups is 1. The van der Waals surface area contributed by atoms with Gasteiger partial charge in [0.15, 0.2) is 5.03 Å². The van der Waals surface area contributed by atoms with Crippen LogP contribution in [0.5, 0.6) is 0 Å². The number of ether oxygens (including phenoxy) is 1. The molecule has 0 aliphatic heterocycles. The van der Waals surface area contributed by atoms with Gasteiger partial charge in [0.1, 0.15) is 15.7 Å². The zero-order valence-electron chi connectivity index (χ0n) is 11.6. The molecule has 9 heteroatoms. The second kappa shape index (κ2) is 6.09. The van der Waals surface area contributed by atoms with Crippen molar-refractivity contribution < 1.29 is 41.4 Å². The quantitative estimate of drug-likeness (QED) is 0.352. The third-order valence-electron chi connectivity index (χ3n) is 2.09. The maximum atomic E-state index is 11.6. The monoisotopic (exact) mass is 282 g/mol. The Morgan fingerprint density at radius 3 is 2.37 bits per heavy atom. The van der Waals surface area contributed by atoms with E-state index in [0.29, 0.717) is 0 Å². The average molecular weight is 282 g/mol. The summed E-state index contributed by atoms with van der Waals surface area (Å²) >= 11 is 0. The van der Waals surface area contributed by atoms with E-state index >= 15 is 0 Å². The van der Waals surface area contributed by atoms with Gasteiger partial charge in [-0.05, 0) is 27.7 Å². The Morgan fingerprint density at radius 1 is 1.47 bits per heavy atom. The van der Waals surface area contributed by atoms with E-state index in [2.05, 4.69) is 5.10 Å². The molecule has 0 aromatic carbocycles. The third-order valence-corrected chi connectivity index (χ3v) is 2.96. The SMILES string of the molecule is CCOC(=O)c1cnn(C(C)(C)C)c1S(=O)(=O)[O-].[Li+]. The van der Waals surface area contributed by atoms with Gasteiger partial charge in [0.25, 0.3) is 0 Å². The molecule has 0 radical (unpaired) electrons. The van der Waals surface area contributed by atoms with Gasteiger partial charge < -0.3 is 9.29 Å². The maximum absolute atomic E-state index is 11.6. The summed E-state index contributed by atoms with van der Waals surface area (Å²) in [5.74, 6) is -0.873. The second-order valence-electron chi connectivity index (χ2n) is 4.62. The number of hydrogen-bond donors (Lipinski definition) is 0. The van der Waals surface area contributed by atoms with E-state index in [0.717, 1.165) is 10.9 Å². The number of esters is 1. The molecule has 19 heavy (non-hydrogen) atoms. The van der Waals surface area contributed by atoms with Crippen molar-refractivity contribution in [2.24, 2.45) is 0 Å². The summed E-state index contributed by atoms with van der Waals surface area (Å²) in [6.07, 6.45) is 1.04. The van der Waals surface area contributed by atoms with Gasteiger partial charge in [-0.3, -0.25) is 0 Å². The van der Waals surface area contributed by atoms with Crippen molar-refractivity contribution >= 4 is 16.1 Å². The van der Waals surface area contributed by atoms with Crippen LogP contribution in [-0.4, -0.2) is 35.3 Å². The van der Waals surface area contributed by atoms with Crippen LogP contribution in [0.1, 0.15) is 38.1 Å². The first-order chi connectivity index (χ1) is 8.09. The summed E-state index contributed by atoms with van der Waals surface area (Å²) in [7, 11) is -4.82. The minimum Gasteiger partial charge on any atom is -0.743 e. The Labute approximate surface area is 124 Å². The summed E-state index contributed by atoms with van der Waals surface area (Å²) in [4.78, 5) is 11.6. The van der Waals surface area contributed by atoms with Crippen LogP contribution in [0.2, 0.25) is 0 Å². The Bertz CT molecular complexity index is 559. The Morgan fingerprint density at radius 2 is 2.00 bits per heavy atom. The van der Waals surface area contributed by atoms with E-state index < -0.39 is 26.7 Å². The van der Waals surface area contributed by atoms with Crippen LogP contribution >= 0.6 is 0 Å². The molecule has 7 nitrogen and oxygen atoms in total. The number of aromatic nitrogens is 2. The Kier molecular flexibility index (Phi) is 5.83. The number of carbonyl (C=O) groups excluding carboxylic acids is 1. The normalized spacial score (nSPS) is 11.8. The summed E-state index contributed by atoms with van der Waals surface area (Å²) in [5.41, 5.74) is -1.07. The molecule has 0 unspecified atom stereocenters. The van der Waals surface area contributed by atoms with Crippen LogP contribution in [0.4, 0.5) is 0 Å². The molecule has 0 fully saturated rings. The van der Waals surface area contributed by atoms with Gasteiger partial charge in [-0.2, -0.15) is 5.10 Å². The van der Waals surface area contributed by atoms with Crippen LogP contribution in [0.15, 0.2) is 11.2 Å². The summed E-state index contributed by atoms with van der Waals surface area (Å²) in [5, 5.41) is 3.14.